The predicted octanol–water partition coefficient (Wildman–Crippen LogP) is 0.704. The summed E-state index contributed by atoms with van der Waals surface area (Å²) in [4.78, 5) is 13.2. The monoisotopic (exact) mass is 394 g/mol. The lowest BCUT2D eigenvalue weighted by Crippen LogP contribution is -2.48. The van der Waals surface area contributed by atoms with Gasteiger partial charge in [0.15, 0.2) is 0 Å². The van der Waals surface area contributed by atoms with E-state index in [1.54, 1.807) is 4.31 Å². The molecule has 25 heavy (non-hydrogen) atoms. The summed E-state index contributed by atoms with van der Waals surface area (Å²) in [5.74, 6) is 0.687. The number of hydrogen-bond donors (Lipinski definition) is 2. The van der Waals surface area contributed by atoms with Crippen LogP contribution in [0.25, 0.3) is 0 Å². The Morgan fingerprint density at radius 2 is 1.72 bits per heavy atom. The molecule has 3 fully saturated rings. The van der Waals surface area contributed by atoms with Crippen molar-refractivity contribution in [2.45, 2.75) is 51.0 Å². The highest BCUT2D eigenvalue weighted by molar-refractivity contribution is 7.87. The maximum atomic E-state index is 12.8. The molecule has 3 N–H and O–H groups in total. The van der Waals surface area contributed by atoms with Gasteiger partial charge in [0.25, 0.3) is 10.2 Å². The Bertz CT molecular complexity index is 548. The normalized spacial score (nSPS) is 29.1. The molecule has 0 unspecified atom stereocenters. The Hall–Kier alpha value is -0.410. The van der Waals surface area contributed by atoms with Crippen LogP contribution in [0.4, 0.5) is 0 Å². The van der Waals surface area contributed by atoms with E-state index in [1.165, 1.54) is 12.8 Å². The standard InChI is InChI=1S/C16H30N4O3S.ClH/c17-16(21)7-10-19-11-14(13-5-6-13)15(12-19)18-24(22,23)20-8-3-1-2-4-9-20;/h13-15,18H,1-12H2,(H2,17,21);1H/t14-,15+;/m1./s1. The van der Waals surface area contributed by atoms with E-state index in [4.69, 9.17) is 5.73 Å². The van der Waals surface area contributed by atoms with E-state index in [9.17, 15) is 13.2 Å². The molecule has 0 aromatic heterocycles. The first kappa shape index (κ1) is 20.9. The molecule has 0 aromatic carbocycles. The number of primary amides is 1. The van der Waals surface area contributed by atoms with E-state index in [-0.39, 0.29) is 24.4 Å². The lowest BCUT2D eigenvalue weighted by molar-refractivity contribution is -0.118. The first-order valence-electron chi connectivity index (χ1n) is 9.24. The minimum absolute atomic E-state index is 0. The minimum atomic E-state index is -3.42. The van der Waals surface area contributed by atoms with Gasteiger partial charge in [0, 0.05) is 45.2 Å². The smallest absolute Gasteiger partial charge is 0.279 e. The van der Waals surface area contributed by atoms with Gasteiger partial charge in [-0.25, -0.2) is 0 Å². The summed E-state index contributed by atoms with van der Waals surface area (Å²) in [6.07, 6.45) is 6.84. The summed E-state index contributed by atoms with van der Waals surface area (Å²) in [5.41, 5.74) is 5.24. The van der Waals surface area contributed by atoms with Crippen molar-refractivity contribution in [3.8, 4) is 0 Å². The van der Waals surface area contributed by atoms with Crippen LogP contribution in [-0.4, -0.2) is 62.3 Å². The average Bonchev–Trinajstić information content (AvgIpc) is 3.31. The van der Waals surface area contributed by atoms with Crippen LogP contribution in [0.15, 0.2) is 0 Å². The van der Waals surface area contributed by atoms with Gasteiger partial charge in [-0.3, -0.25) is 4.79 Å². The topological polar surface area (TPSA) is 95.7 Å². The number of nitrogens with zero attached hydrogens (tertiary/aromatic N) is 2. The van der Waals surface area contributed by atoms with Crippen LogP contribution in [0.1, 0.15) is 44.9 Å². The van der Waals surface area contributed by atoms with E-state index in [0.717, 1.165) is 32.2 Å². The molecule has 3 aliphatic rings. The minimum Gasteiger partial charge on any atom is -0.370 e. The first-order chi connectivity index (χ1) is 11.5. The molecule has 9 heteroatoms. The summed E-state index contributed by atoms with van der Waals surface area (Å²) < 4.78 is 30.2. The Balaban J connectivity index is 0.00000225. The van der Waals surface area contributed by atoms with Crippen molar-refractivity contribution in [3.63, 3.8) is 0 Å². The second-order valence-electron chi connectivity index (χ2n) is 7.52. The molecule has 1 amide bonds. The van der Waals surface area contributed by atoms with E-state index >= 15 is 0 Å². The predicted molar refractivity (Wildman–Crippen MR) is 99.6 cm³/mol. The van der Waals surface area contributed by atoms with E-state index < -0.39 is 10.2 Å². The third kappa shape index (κ3) is 5.79. The van der Waals surface area contributed by atoms with Crippen molar-refractivity contribution in [2.24, 2.45) is 17.6 Å². The van der Waals surface area contributed by atoms with Gasteiger partial charge in [0.1, 0.15) is 0 Å². The van der Waals surface area contributed by atoms with Crippen molar-refractivity contribution in [1.82, 2.24) is 13.9 Å². The Morgan fingerprint density at radius 1 is 1.08 bits per heavy atom. The van der Waals surface area contributed by atoms with Crippen LogP contribution in [-0.2, 0) is 15.0 Å². The average molecular weight is 395 g/mol. The zero-order valence-electron chi connectivity index (χ0n) is 14.7. The lowest BCUT2D eigenvalue weighted by atomic mass is 9.99. The van der Waals surface area contributed by atoms with Crippen molar-refractivity contribution in [1.29, 1.82) is 0 Å². The second-order valence-corrected chi connectivity index (χ2v) is 9.22. The molecule has 0 aromatic rings. The zero-order chi connectivity index (χ0) is 17.2. The first-order valence-corrected chi connectivity index (χ1v) is 10.7. The van der Waals surface area contributed by atoms with Gasteiger partial charge in [0.2, 0.25) is 5.91 Å². The van der Waals surface area contributed by atoms with Crippen LogP contribution in [0, 0.1) is 11.8 Å². The number of rotatable bonds is 7. The molecule has 2 atom stereocenters. The molecule has 2 heterocycles. The van der Waals surface area contributed by atoms with Gasteiger partial charge < -0.3 is 10.6 Å². The summed E-state index contributed by atoms with van der Waals surface area (Å²) in [6.45, 7) is 3.43. The molecule has 146 valence electrons. The molecule has 0 bridgehead atoms. The fraction of sp³-hybridized carbons (Fsp3) is 0.938. The zero-order valence-corrected chi connectivity index (χ0v) is 16.4. The van der Waals surface area contributed by atoms with Gasteiger partial charge >= 0.3 is 0 Å². The third-order valence-electron chi connectivity index (χ3n) is 5.55. The Labute approximate surface area is 157 Å². The molecule has 7 nitrogen and oxygen atoms in total. The molecule has 2 aliphatic heterocycles. The largest absolute Gasteiger partial charge is 0.370 e. The molecule has 1 saturated carbocycles. The maximum absolute atomic E-state index is 12.8. The molecule has 0 spiro atoms. The van der Waals surface area contributed by atoms with E-state index in [1.807, 2.05) is 0 Å². The Kier molecular flexibility index (Phi) is 7.52. The van der Waals surface area contributed by atoms with Gasteiger partial charge in [-0.05, 0) is 37.5 Å². The highest BCUT2D eigenvalue weighted by Gasteiger charge is 2.44. The fourth-order valence-electron chi connectivity index (χ4n) is 4.04. The number of nitrogens with one attached hydrogen (secondary N) is 1. The fourth-order valence-corrected chi connectivity index (χ4v) is 5.56. The maximum Gasteiger partial charge on any atom is 0.279 e. The van der Waals surface area contributed by atoms with Gasteiger partial charge in [0.05, 0.1) is 0 Å². The van der Waals surface area contributed by atoms with E-state index in [2.05, 4.69) is 9.62 Å². The van der Waals surface area contributed by atoms with Gasteiger partial charge in [-0.15, -0.1) is 12.4 Å². The molecular formula is C16H31ClN4O3S. The highest BCUT2D eigenvalue weighted by Crippen LogP contribution is 2.41. The van der Waals surface area contributed by atoms with Gasteiger partial charge in [-0.2, -0.15) is 17.4 Å². The van der Waals surface area contributed by atoms with Crippen molar-refractivity contribution in [2.75, 3.05) is 32.7 Å². The Morgan fingerprint density at radius 3 is 2.28 bits per heavy atom. The van der Waals surface area contributed by atoms with Crippen LogP contribution in [0.5, 0.6) is 0 Å². The van der Waals surface area contributed by atoms with Crippen LogP contribution < -0.4 is 10.5 Å². The summed E-state index contributed by atoms with van der Waals surface area (Å²) >= 11 is 0. The third-order valence-corrected chi connectivity index (χ3v) is 7.19. The van der Waals surface area contributed by atoms with Crippen molar-refractivity contribution in [3.05, 3.63) is 0 Å². The van der Waals surface area contributed by atoms with Gasteiger partial charge in [-0.1, -0.05) is 12.8 Å². The van der Waals surface area contributed by atoms with E-state index in [0.29, 0.717) is 44.4 Å². The van der Waals surface area contributed by atoms with Crippen LogP contribution in [0.3, 0.4) is 0 Å². The van der Waals surface area contributed by atoms with Crippen molar-refractivity contribution >= 4 is 28.5 Å². The number of likely N-dealkylation sites (tertiary alicyclic amines) is 1. The molecule has 0 radical (unpaired) electrons. The molecule has 1 aliphatic carbocycles. The molecular weight excluding hydrogens is 364 g/mol. The van der Waals surface area contributed by atoms with Crippen LogP contribution >= 0.6 is 12.4 Å². The SMILES string of the molecule is Cl.NC(=O)CCN1C[C@H](NS(=O)(=O)N2CCCCCC2)[C@@H](C2CC2)C1. The summed E-state index contributed by atoms with van der Waals surface area (Å²) in [5, 5.41) is 0. The second kappa shape index (κ2) is 8.99. The number of amides is 1. The van der Waals surface area contributed by atoms with Crippen LogP contribution in [0.2, 0.25) is 0 Å². The number of carbonyl (C=O) groups is 1. The lowest BCUT2D eigenvalue weighted by Gasteiger charge is -2.25. The highest BCUT2D eigenvalue weighted by atomic mass is 35.5. The number of halogens is 1. The summed E-state index contributed by atoms with van der Waals surface area (Å²) in [7, 11) is -3.42. The summed E-state index contributed by atoms with van der Waals surface area (Å²) in [6, 6.07) is -0.0429. The van der Waals surface area contributed by atoms with Crippen molar-refractivity contribution < 1.29 is 13.2 Å². The quantitative estimate of drug-likeness (QED) is 0.664. The number of hydrogen-bond acceptors (Lipinski definition) is 4. The molecule has 2 saturated heterocycles. The number of nitrogens with two attached hydrogens (primary N) is 1. The number of carbonyl (C=O) groups excluding carboxylic acids is 1. The molecule has 3 rings (SSSR count).